The van der Waals surface area contributed by atoms with E-state index in [-0.39, 0.29) is 17.4 Å². The lowest BCUT2D eigenvalue weighted by atomic mass is 9.86. The molecule has 1 saturated heterocycles. The van der Waals surface area contributed by atoms with E-state index in [1.165, 1.54) is 0 Å². The lowest BCUT2D eigenvalue weighted by molar-refractivity contribution is -0.132. The van der Waals surface area contributed by atoms with Gasteiger partial charge in [-0.1, -0.05) is 86.5 Å². The first-order valence-electron chi connectivity index (χ1n) is 14.1. The number of ketones is 1. The van der Waals surface area contributed by atoms with Crippen molar-refractivity contribution in [3.63, 3.8) is 0 Å². The van der Waals surface area contributed by atoms with Gasteiger partial charge >= 0.3 is 0 Å². The first-order chi connectivity index (χ1) is 20.1. The van der Waals surface area contributed by atoms with Crippen molar-refractivity contribution in [3.8, 4) is 5.75 Å². The molecule has 2 fully saturated rings. The number of aliphatic imine (C=N–C) groups is 1. The number of hydrogen-bond acceptors (Lipinski definition) is 7. The van der Waals surface area contributed by atoms with Gasteiger partial charge in [-0.05, 0) is 52.1 Å². The van der Waals surface area contributed by atoms with Gasteiger partial charge in [0.1, 0.15) is 24.0 Å². The lowest BCUT2D eigenvalue weighted by Crippen LogP contribution is -2.67. The van der Waals surface area contributed by atoms with E-state index in [4.69, 9.17) is 23.6 Å². The van der Waals surface area contributed by atoms with Crippen LogP contribution in [-0.2, 0) is 18.7 Å². The predicted molar refractivity (Wildman–Crippen MR) is 162 cm³/mol. The summed E-state index contributed by atoms with van der Waals surface area (Å²) in [4.78, 5) is 22.5. The number of fused-ring (bicyclic) bond motifs is 1. The van der Waals surface area contributed by atoms with Gasteiger partial charge < -0.3 is 18.6 Å². The summed E-state index contributed by atoms with van der Waals surface area (Å²) in [5.74, 6) is 0.741. The summed E-state index contributed by atoms with van der Waals surface area (Å²) in [5, 5.41) is 5.99. The Kier molecular flexibility index (Phi) is 6.77. The van der Waals surface area contributed by atoms with E-state index in [1.54, 1.807) is 26.2 Å². The van der Waals surface area contributed by atoms with Crippen molar-refractivity contribution in [2.45, 2.75) is 62.1 Å². The molecular formula is C32H34N4O5Si. The van der Waals surface area contributed by atoms with E-state index in [0.29, 0.717) is 17.2 Å². The van der Waals surface area contributed by atoms with E-state index in [1.807, 2.05) is 48.5 Å². The zero-order valence-electron chi connectivity index (χ0n) is 24.4. The van der Waals surface area contributed by atoms with Crippen molar-refractivity contribution in [3.05, 3.63) is 101 Å². The van der Waals surface area contributed by atoms with Gasteiger partial charge in [0.05, 0.1) is 13.7 Å². The second kappa shape index (κ2) is 10.1. The molecule has 1 aliphatic carbocycles. The molecule has 0 bridgehead atoms. The minimum absolute atomic E-state index is 0.0170. The number of Topliss-reactive ketones (excluding diaryl/α,β-unsaturated/α-hetero) is 1. The number of carbonyl (C=O) groups is 1. The molecule has 5 atom stereocenters. The Morgan fingerprint density at radius 3 is 2.12 bits per heavy atom. The Labute approximate surface area is 246 Å². The maximum atomic E-state index is 14.5. The molecule has 42 heavy (non-hydrogen) atoms. The van der Waals surface area contributed by atoms with Crippen LogP contribution in [0.4, 0.5) is 0 Å². The first kappa shape index (κ1) is 28.2. The smallest absolute Gasteiger partial charge is 0.261 e. The summed E-state index contributed by atoms with van der Waals surface area (Å²) in [5.41, 5.74) is 7.52. The molecule has 9 nitrogen and oxygen atoms in total. The van der Waals surface area contributed by atoms with E-state index < -0.39 is 37.7 Å². The Hall–Kier alpha value is -3.95. The van der Waals surface area contributed by atoms with E-state index in [0.717, 1.165) is 10.4 Å². The average molecular weight is 583 g/mol. The molecule has 2 heterocycles. The van der Waals surface area contributed by atoms with Crippen LogP contribution in [0.1, 0.15) is 33.3 Å². The summed E-state index contributed by atoms with van der Waals surface area (Å²) in [6.07, 6.45) is -1.33. The van der Waals surface area contributed by atoms with Crippen LogP contribution in [-0.4, -0.2) is 63.1 Å². The van der Waals surface area contributed by atoms with Gasteiger partial charge in [0.25, 0.3) is 8.32 Å². The van der Waals surface area contributed by atoms with Gasteiger partial charge in [-0.15, -0.1) is 0 Å². The van der Waals surface area contributed by atoms with Crippen molar-refractivity contribution in [1.29, 1.82) is 0 Å². The van der Waals surface area contributed by atoms with Crippen LogP contribution in [0, 0.1) is 0 Å². The molecule has 2 aliphatic heterocycles. The van der Waals surface area contributed by atoms with Gasteiger partial charge in [0, 0.05) is 10.5 Å². The number of carbonyl (C=O) groups excluding carboxylic acids is 1. The first-order valence-corrected chi connectivity index (χ1v) is 16.0. The molecule has 3 aromatic carbocycles. The van der Waals surface area contributed by atoms with Crippen LogP contribution in [0.2, 0.25) is 5.04 Å². The zero-order chi connectivity index (χ0) is 29.8. The van der Waals surface area contributed by atoms with E-state index >= 15 is 0 Å². The van der Waals surface area contributed by atoms with Crippen LogP contribution in [0.15, 0.2) is 95.0 Å². The standard InChI is InChI=1S/C32H34N4O5Si/c1-21-32(34-28(40-21)22-16-18-23(38-5)19-17-22)26(35-36-33)27-31(41-27,29(32)37)20-39-42(30(2,3)4,24-12-8-6-9-13-24)25-14-10-7-11-15-25/h6-19,21,26-27H,20H2,1-5H3/t21-,26-,27-,31-,32-/m0/s1. The molecule has 0 radical (unpaired) electrons. The number of epoxide rings is 1. The molecule has 10 heteroatoms. The molecule has 6 rings (SSSR count). The second-order valence-electron chi connectivity index (χ2n) is 12.1. The molecule has 0 N–H and O–H groups in total. The highest BCUT2D eigenvalue weighted by atomic mass is 28.4. The molecule has 1 saturated carbocycles. The van der Waals surface area contributed by atoms with Crippen molar-refractivity contribution in [2.75, 3.05) is 13.7 Å². The summed E-state index contributed by atoms with van der Waals surface area (Å²) in [6.45, 7) is 8.35. The van der Waals surface area contributed by atoms with Gasteiger partial charge in [-0.3, -0.25) is 4.79 Å². The van der Waals surface area contributed by atoms with Crippen LogP contribution in [0.25, 0.3) is 10.4 Å². The predicted octanol–water partition coefficient (Wildman–Crippen LogP) is 4.58. The van der Waals surface area contributed by atoms with Crippen LogP contribution in [0.3, 0.4) is 0 Å². The molecular weight excluding hydrogens is 548 g/mol. The normalized spacial score (nSPS) is 28.1. The number of azide groups is 1. The van der Waals surface area contributed by atoms with Crippen LogP contribution in [0.5, 0.6) is 5.75 Å². The average Bonchev–Trinajstić information content (AvgIpc) is 3.57. The number of hydrogen-bond donors (Lipinski definition) is 0. The van der Waals surface area contributed by atoms with Crippen molar-refractivity contribution in [1.82, 2.24) is 0 Å². The fraction of sp³-hybridized carbons (Fsp3) is 0.375. The highest BCUT2D eigenvalue weighted by molar-refractivity contribution is 6.99. The molecule has 1 spiro atoms. The number of nitrogens with zero attached hydrogens (tertiary/aromatic N) is 4. The lowest BCUT2D eigenvalue weighted by Gasteiger charge is -2.43. The number of methoxy groups -OCH3 is 1. The number of rotatable bonds is 8. The maximum absolute atomic E-state index is 14.5. The largest absolute Gasteiger partial charge is 0.497 e. The summed E-state index contributed by atoms with van der Waals surface area (Å²) >= 11 is 0. The maximum Gasteiger partial charge on any atom is 0.261 e. The van der Waals surface area contributed by atoms with Gasteiger partial charge in [-0.25, -0.2) is 4.99 Å². The fourth-order valence-corrected chi connectivity index (χ4v) is 11.3. The SMILES string of the molecule is COc1ccc(C2=N[C@@]3(C(=O)[C@@]4(CO[Si](c5ccccc5)(c5ccccc5)C(C)(C)C)O[C@H]4[C@@H]3N=[N+]=[N-])[C@H](C)O2)cc1. The highest BCUT2D eigenvalue weighted by Gasteiger charge is 2.83. The van der Waals surface area contributed by atoms with Crippen LogP contribution < -0.4 is 15.1 Å². The Bertz CT molecular complexity index is 1530. The topological polar surface area (TPSA) is 118 Å². The van der Waals surface area contributed by atoms with Crippen molar-refractivity contribution >= 4 is 30.4 Å². The van der Waals surface area contributed by atoms with Gasteiger partial charge in [0.15, 0.2) is 11.1 Å². The van der Waals surface area contributed by atoms with Crippen molar-refractivity contribution < 1.29 is 23.4 Å². The molecule has 0 amide bonds. The molecule has 3 aromatic rings. The number of benzene rings is 3. The quantitative estimate of drug-likeness (QED) is 0.127. The van der Waals surface area contributed by atoms with Gasteiger partial charge in [-0.2, -0.15) is 0 Å². The highest BCUT2D eigenvalue weighted by Crippen LogP contribution is 2.58. The third kappa shape index (κ3) is 4.01. The minimum Gasteiger partial charge on any atom is -0.497 e. The van der Waals surface area contributed by atoms with E-state index in [9.17, 15) is 10.3 Å². The molecule has 3 aliphatic rings. The summed E-state index contributed by atoms with van der Waals surface area (Å²) in [6, 6.07) is 26.8. The monoisotopic (exact) mass is 582 g/mol. The zero-order valence-corrected chi connectivity index (χ0v) is 25.4. The Morgan fingerprint density at radius 1 is 1.00 bits per heavy atom. The minimum atomic E-state index is -2.97. The van der Waals surface area contributed by atoms with Gasteiger partial charge in [0.2, 0.25) is 11.7 Å². The summed E-state index contributed by atoms with van der Waals surface area (Å²) < 4.78 is 24.7. The summed E-state index contributed by atoms with van der Waals surface area (Å²) in [7, 11) is -1.37. The molecule has 0 aromatic heterocycles. The van der Waals surface area contributed by atoms with Crippen LogP contribution >= 0.6 is 0 Å². The third-order valence-corrected chi connectivity index (χ3v) is 13.8. The molecule has 216 valence electrons. The van der Waals surface area contributed by atoms with E-state index in [2.05, 4.69) is 55.1 Å². The molecule has 0 unspecified atom stereocenters. The third-order valence-electron chi connectivity index (χ3n) is 8.85. The Balaban J connectivity index is 1.40. The van der Waals surface area contributed by atoms with Crippen molar-refractivity contribution in [2.24, 2.45) is 10.1 Å². The number of ether oxygens (including phenoxy) is 3. The second-order valence-corrected chi connectivity index (χ2v) is 16.4. The fourth-order valence-electron chi connectivity index (χ4n) is 6.71. The Morgan fingerprint density at radius 2 is 1.60 bits per heavy atom.